The van der Waals surface area contributed by atoms with Gasteiger partial charge >= 0.3 is 0 Å². The van der Waals surface area contributed by atoms with Crippen LogP contribution in [-0.4, -0.2) is 26.1 Å². The van der Waals surface area contributed by atoms with Crippen molar-refractivity contribution in [2.45, 2.75) is 24.3 Å². The number of hydrogen-bond acceptors (Lipinski definition) is 3. The number of carbonyl (C=O) groups is 1. The average molecular weight is 350 g/mol. The molecule has 2 aromatic rings. The summed E-state index contributed by atoms with van der Waals surface area (Å²) in [5.74, 6) is -0.953. The molecule has 3 rings (SSSR count). The molecule has 0 fully saturated rings. The molecular weight excluding hydrogens is 334 g/mol. The standard InChI is InChI=1S/C17H16ClNO3S/c1-12-10-13-4-2-3-5-16(13)19(12)17(20)11-23(21,22)15-8-6-14(18)7-9-15/h2-9,12H,10-11H2,1H3/t12-/m0/s1. The summed E-state index contributed by atoms with van der Waals surface area (Å²) in [7, 11) is -3.69. The van der Waals surface area contributed by atoms with E-state index < -0.39 is 21.5 Å². The predicted molar refractivity (Wildman–Crippen MR) is 90.6 cm³/mol. The number of sulfone groups is 1. The van der Waals surface area contributed by atoms with E-state index in [-0.39, 0.29) is 10.9 Å². The fraction of sp³-hybridized carbons (Fsp3) is 0.235. The zero-order valence-electron chi connectivity index (χ0n) is 12.6. The highest BCUT2D eigenvalue weighted by molar-refractivity contribution is 7.92. The molecule has 0 saturated heterocycles. The first-order valence-electron chi connectivity index (χ1n) is 7.27. The van der Waals surface area contributed by atoms with Crippen LogP contribution in [0.2, 0.25) is 5.02 Å². The van der Waals surface area contributed by atoms with Gasteiger partial charge in [-0.1, -0.05) is 29.8 Å². The number of carbonyl (C=O) groups excluding carboxylic acids is 1. The zero-order valence-corrected chi connectivity index (χ0v) is 14.1. The molecule has 1 aliphatic heterocycles. The Morgan fingerprint density at radius 3 is 2.52 bits per heavy atom. The van der Waals surface area contributed by atoms with Gasteiger partial charge in [-0.15, -0.1) is 0 Å². The first kappa shape index (κ1) is 16.0. The lowest BCUT2D eigenvalue weighted by molar-refractivity contribution is -0.116. The van der Waals surface area contributed by atoms with Gasteiger partial charge < -0.3 is 4.90 Å². The molecule has 0 radical (unpaired) electrons. The molecular formula is C17H16ClNO3S. The van der Waals surface area contributed by atoms with Crippen LogP contribution in [0.15, 0.2) is 53.4 Å². The lowest BCUT2D eigenvalue weighted by Gasteiger charge is -2.22. The highest BCUT2D eigenvalue weighted by Gasteiger charge is 2.33. The van der Waals surface area contributed by atoms with Crippen molar-refractivity contribution in [1.29, 1.82) is 0 Å². The van der Waals surface area contributed by atoms with Gasteiger partial charge in [0.2, 0.25) is 5.91 Å². The van der Waals surface area contributed by atoms with Crippen LogP contribution in [0, 0.1) is 0 Å². The smallest absolute Gasteiger partial charge is 0.242 e. The lowest BCUT2D eigenvalue weighted by atomic mass is 10.1. The molecule has 1 heterocycles. The minimum atomic E-state index is -3.69. The van der Waals surface area contributed by atoms with Gasteiger partial charge in [0.25, 0.3) is 0 Å². The third-order valence-corrected chi connectivity index (χ3v) is 5.83. The molecule has 2 aromatic carbocycles. The Morgan fingerprint density at radius 1 is 1.17 bits per heavy atom. The van der Waals surface area contributed by atoms with Crippen molar-refractivity contribution in [3.63, 3.8) is 0 Å². The Morgan fingerprint density at radius 2 is 1.83 bits per heavy atom. The minimum absolute atomic E-state index is 0.0414. The van der Waals surface area contributed by atoms with Crippen LogP contribution in [0.25, 0.3) is 0 Å². The highest BCUT2D eigenvalue weighted by Crippen LogP contribution is 2.32. The van der Waals surface area contributed by atoms with Crippen LogP contribution in [0.1, 0.15) is 12.5 Å². The van der Waals surface area contributed by atoms with Gasteiger partial charge in [0.1, 0.15) is 5.75 Å². The van der Waals surface area contributed by atoms with Crippen molar-refractivity contribution >= 4 is 33.0 Å². The molecule has 120 valence electrons. The van der Waals surface area contributed by atoms with Crippen molar-refractivity contribution < 1.29 is 13.2 Å². The zero-order chi connectivity index (χ0) is 16.6. The highest BCUT2D eigenvalue weighted by atomic mass is 35.5. The van der Waals surface area contributed by atoms with Gasteiger partial charge in [-0.25, -0.2) is 8.42 Å². The normalized spacial score (nSPS) is 17.1. The maximum atomic E-state index is 12.6. The molecule has 0 aromatic heterocycles. The quantitative estimate of drug-likeness (QED) is 0.855. The Labute approximate surface area is 140 Å². The third-order valence-electron chi connectivity index (χ3n) is 3.96. The van der Waals surface area contributed by atoms with Gasteiger partial charge in [0, 0.05) is 16.8 Å². The number of halogens is 1. The number of rotatable bonds is 3. The second-order valence-electron chi connectivity index (χ2n) is 5.66. The van der Waals surface area contributed by atoms with Crippen molar-refractivity contribution in [2.75, 3.05) is 10.7 Å². The van der Waals surface area contributed by atoms with E-state index in [4.69, 9.17) is 11.6 Å². The van der Waals surface area contributed by atoms with Crippen LogP contribution in [0.4, 0.5) is 5.69 Å². The first-order valence-corrected chi connectivity index (χ1v) is 9.30. The first-order chi connectivity index (χ1) is 10.9. The molecule has 0 bridgehead atoms. The van der Waals surface area contributed by atoms with E-state index in [1.54, 1.807) is 4.90 Å². The molecule has 0 aliphatic carbocycles. The molecule has 23 heavy (non-hydrogen) atoms. The fourth-order valence-electron chi connectivity index (χ4n) is 2.90. The molecule has 0 unspecified atom stereocenters. The largest absolute Gasteiger partial charge is 0.308 e. The SMILES string of the molecule is C[C@H]1Cc2ccccc2N1C(=O)CS(=O)(=O)c1ccc(Cl)cc1. The summed E-state index contributed by atoms with van der Waals surface area (Å²) in [6, 6.07) is 13.4. The van der Waals surface area contributed by atoms with E-state index in [0.717, 1.165) is 17.7 Å². The maximum Gasteiger partial charge on any atom is 0.242 e. The average Bonchev–Trinajstić information content (AvgIpc) is 2.83. The minimum Gasteiger partial charge on any atom is -0.308 e. The number of para-hydroxylation sites is 1. The summed E-state index contributed by atoms with van der Waals surface area (Å²) < 4.78 is 24.9. The molecule has 4 nitrogen and oxygen atoms in total. The summed E-state index contributed by atoms with van der Waals surface area (Å²) in [4.78, 5) is 14.3. The van der Waals surface area contributed by atoms with Gasteiger partial charge in [-0.05, 0) is 49.2 Å². The van der Waals surface area contributed by atoms with E-state index >= 15 is 0 Å². The van der Waals surface area contributed by atoms with Crippen LogP contribution in [-0.2, 0) is 21.1 Å². The summed E-state index contributed by atoms with van der Waals surface area (Å²) in [5.41, 5.74) is 1.87. The lowest BCUT2D eigenvalue weighted by Crippen LogP contribution is -2.39. The van der Waals surface area contributed by atoms with E-state index in [9.17, 15) is 13.2 Å². The number of benzene rings is 2. The van der Waals surface area contributed by atoms with Gasteiger partial charge in [-0.3, -0.25) is 4.79 Å². The Hall–Kier alpha value is -1.85. The van der Waals surface area contributed by atoms with E-state index in [1.807, 2.05) is 31.2 Å². The van der Waals surface area contributed by atoms with Crippen molar-refractivity contribution in [3.05, 3.63) is 59.1 Å². The fourth-order valence-corrected chi connectivity index (χ4v) is 4.21. The topological polar surface area (TPSA) is 54.5 Å². The second kappa shape index (κ2) is 5.98. The Kier molecular flexibility index (Phi) is 4.17. The van der Waals surface area contributed by atoms with Gasteiger partial charge in [0.15, 0.2) is 9.84 Å². The van der Waals surface area contributed by atoms with Crippen LogP contribution in [0.5, 0.6) is 0 Å². The Bertz CT molecular complexity index is 846. The van der Waals surface area contributed by atoms with Gasteiger partial charge in [-0.2, -0.15) is 0 Å². The molecule has 0 spiro atoms. The summed E-state index contributed by atoms with van der Waals surface area (Å²) in [5, 5.41) is 0.456. The van der Waals surface area contributed by atoms with E-state index in [1.165, 1.54) is 24.3 Å². The summed E-state index contributed by atoms with van der Waals surface area (Å²) >= 11 is 5.78. The number of nitrogens with zero attached hydrogens (tertiary/aromatic N) is 1. The number of amides is 1. The third kappa shape index (κ3) is 3.12. The van der Waals surface area contributed by atoms with Crippen LogP contribution >= 0.6 is 11.6 Å². The molecule has 6 heteroatoms. The van der Waals surface area contributed by atoms with Crippen molar-refractivity contribution in [3.8, 4) is 0 Å². The van der Waals surface area contributed by atoms with E-state index in [0.29, 0.717) is 5.02 Å². The number of anilines is 1. The molecule has 1 aliphatic rings. The number of hydrogen-bond donors (Lipinski definition) is 0. The molecule has 1 atom stereocenters. The molecule has 0 N–H and O–H groups in total. The monoisotopic (exact) mass is 349 g/mol. The molecule has 1 amide bonds. The van der Waals surface area contributed by atoms with Crippen molar-refractivity contribution in [2.24, 2.45) is 0 Å². The van der Waals surface area contributed by atoms with E-state index in [2.05, 4.69) is 0 Å². The van der Waals surface area contributed by atoms with Gasteiger partial charge in [0.05, 0.1) is 4.90 Å². The van der Waals surface area contributed by atoms with Crippen LogP contribution in [0.3, 0.4) is 0 Å². The second-order valence-corrected chi connectivity index (χ2v) is 8.08. The molecule has 0 saturated carbocycles. The van der Waals surface area contributed by atoms with Crippen LogP contribution < -0.4 is 4.90 Å². The predicted octanol–water partition coefficient (Wildman–Crippen LogP) is 3.09. The maximum absolute atomic E-state index is 12.6. The number of fused-ring (bicyclic) bond motifs is 1. The summed E-state index contributed by atoms with van der Waals surface area (Å²) in [6.07, 6.45) is 0.739. The Balaban J connectivity index is 1.86. The van der Waals surface area contributed by atoms with Crippen molar-refractivity contribution in [1.82, 2.24) is 0 Å². The summed E-state index contributed by atoms with van der Waals surface area (Å²) in [6.45, 7) is 1.92.